The average molecular weight is 459 g/mol. The Labute approximate surface area is 190 Å². The number of nitrogens with zero attached hydrogens (tertiary/aromatic N) is 4. The van der Waals surface area contributed by atoms with Gasteiger partial charge < -0.3 is 15.0 Å². The number of likely N-dealkylation sites (N-methyl/N-ethyl adjacent to an activating group) is 1. The van der Waals surface area contributed by atoms with Crippen LogP contribution >= 0.6 is 0 Å². The molecule has 0 spiro atoms. The SMILES string of the molecule is CN(C)CCNC(=O)Cc1ccc(N(C)C(=O)OCc2ccc([N+](=O)[O-])c([N+](=O)[O-])c2)cc1. The molecular weight excluding hydrogens is 434 g/mol. The molecule has 0 unspecified atom stereocenters. The number of anilines is 1. The van der Waals surface area contributed by atoms with Gasteiger partial charge in [-0.1, -0.05) is 12.1 Å². The van der Waals surface area contributed by atoms with E-state index in [1.54, 1.807) is 24.3 Å². The number of carbonyl (C=O) groups excluding carboxylic acids is 2. The maximum absolute atomic E-state index is 12.3. The van der Waals surface area contributed by atoms with Gasteiger partial charge in [-0.3, -0.25) is 29.9 Å². The van der Waals surface area contributed by atoms with Crippen LogP contribution in [-0.4, -0.2) is 61.0 Å². The zero-order valence-electron chi connectivity index (χ0n) is 18.5. The minimum Gasteiger partial charge on any atom is -0.444 e. The number of amides is 2. The Kier molecular flexibility index (Phi) is 8.80. The van der Waals surface area contributed by atoms with Crippen LogP contribution in [0.1, 0.15) is 11.1 Å². The quantitative estimate of drug-likeness (QED) is 0.421. The molecule has 2 aromatic rings. The first-order valence-electron chi connectivity index (χ1n) is 9.91. The van der Waals surface area contributed by atoms with Crippen LogP contribution in [-0.2, 0) is 22.6 Å². The molecule has 0 aromatic heterocycles. The molecule has 0 aliphatic carbocycles. The lowest BCUT2D eigenvalue weighted by Gasteiger charge is -2.17. The van der Waals surface area contributed by atoms with Gasteiger partial charge in [0.1, 0.15) is 6.61 Å². The summed E-state index contributed by atoms with van der Waals surface area (Å²) in [4.78, 5) is 47.7. The minimum absolute atomic E-state index is 0.102. The summed E-state index contributed by atoms with van der Waals surface area (Å²) in [6.45, 7) is 0.994. The van der Waals surface area contributed by atoms with E-state index >= 15 is 0 Å². The minimum atomic E-state index is -0.861. The summed E-state index contributed by atoms with van der Waals surface area (Å²) >= 11 is 0. The van der Waals surface area contributed by atoms with Crippen molar-refractivity contribution < 1.29 is 24.2 Å². The molecule has 33 heavy (non-hydrogen) atoms. The third-order valence-corrected chi connectivity index (χ3v) is 4.64. The van der Waals surface area contributed by atoms with Gasteiger partial charge in [0.25, 0.3) is 0 Å². The second-order valence-electron chi connectivity index (χ2n) is 7.45. The second kappa shape index (κ2) is 11.5. The van der Waals surface area contributed by atoms with Crippen molar-refractivity contribution in [1.29, 1.82) is 0 Å². The Hall–Kier alpha value is -4.06. The van der Waals surface area contributed by atoms with Crippen LogP contribution < -0.4 is 10.2 Å². The number of nitrogens with one attached hydrogen (secondary N) is 1. The van der Waals surface area contributed by atoms with Crippen molar-refractivity contribution >= 4 is 29.1 Å². The molecule has 2 aromatic carbocycles. The molecule has 1 N–H and O–H groups in total. The van der Waals surface area contributed by atoms with Crippen molar-refractivity contribution in [3.05, 3.63) is 73.8 Å². The van der Waals surface area contributed by atoms with Gasteiger partial charge in [0.15, 0.2) is 0 Å². The molecule has 0 aliphatic rings. The van der Waals surface area contributed by atoms with E-state index in [1.807, 2.05) is 19.0 Å². The van der Waals surface area contributed by atoms with Crippen molar-refractivity contribution in [2.24, 2.45) is 0 Å². The Bertz CT molecular complexity index is 1020. The van der Waals surface area contributed by atoms with E-state index in [-0.39, 0.29) is 24.5 Å². The number of ether oxygens (including phenoxy) is 1. The van der Waals surface area contributed by atoms with E-state index in [9.17, 15) is 29.8 Å². The zero-order chi connectivity index (χ0) is 24.5. The maximum atomic E-state index is 12.3. The maximum Gasteiger partial charge on any atom is 0.414 e. The molecule has 0 aliphatic heterocycles. The molecule has 12 heteroatoms. The van der Waals surface area contributed by atoms with Crippen LogP contribution in [0, 0.1) is 20.2 Å². The van der Waals surface area contributed by atoms with Crippen molar-refractivity contribution in [2.45, 2.75) is 13.0 Å². The summed E-state index contributed by atoms with van der Waals surface area (Å²) in [7, 11) is 5.33. The van der Waals surface area contributed by atoms with E-state index < -0.39 is 27.3 Å². The van der Waals surface area contributed by atoms with Gasteiger partial charge in [0.2, 0.25) is 5.91 Å². The fourth-order valence-corrected chi connectivity index (χ4v) is 2.81. The van der Waals surface area contributed by atoms with Gasteiger partial charge in [-0.25, -0.2) is 4.79 Å². The number of nitro groups is 2. The monoisotopic (exact) mass is 459 g/mol. The number of benzene rings is 2. The highest BCUT2D eigenvalue weighted by molar-refractivity contribution is 5.87. The summed E-state index contributed by atoms with van der Waals surface area (Å²) in [5.41, 5.74) is 0.221. The summed E-state index contributed by atoms with van der Waals surface area (Å²) in [5.74, 6) is -0.102. The van der Waals surface area contributed by atoms with Crippen LogP contribution in [0.2, 0.25) is 0 Å². The van der Waals surface area contributed by atoms with Crippen molar-refractivity contribution in [3.63, 3.8) is 0 Å². The third kappa shape index (κ3) is 7.54. The van der Waals surface area contributed by atoms with Gasteiger partial charge in [0, 0.05) is 38.0 Å². The standard InChI is InChI=1S/C21H25N5O7/c1-23(2)11-10-22-20(27)13-15-4-7-17(8-5-15)24(3)21(28)33-14-16-6-9-18(25(29)30)19(12-16)26(31)32/h4-9,12H,10-11,13-14H2,1-3H3,(H,22,27). The number of hydrogen-bond acceptors (Lipinski definition) is 8. The van der Waals surface area contributed by atoms with E-state index in [4.69, 9.17) is 4.74 Å². The molecular formula is C21H25N5O7. The third-order valence-electron chi connectivity index (χ3n) is 4.64. The zero-order valence-corrected chi connectivity index (χ0v) is 18.5. The molecule has 0 atom stereocenters. The molecule has 176 valence electrons. The first-order chi connectivity index (χ1) is 15.6. The molecule has 0 bridgehead atoms. The van der Waals surface area contributed by atoms with Gasteiger partial charge in [-0.2, -0.15) is 0 Å². The molecule has 0 saturated heterocycles. The number of rotatable bonds is 10. The van der Waals surface area contributed by atoms with Gasteiger partial charge in [-0.05, 0) is 43.4 Å². The Morgan fingerprint density at radius 3 is 2.12 bits per heavy atom. The van der Waals surface area contributed by atoms with Crippen LogP contribution in [0.15, 0.2) is 42.5 Å². The fourth-order valence-electron chi connectivity index (χ4n) is 2.81. The van der Waals surface area contributed by atoms with E-state index in [0.717, 1.165) is 24.2 Å². The molecule has 2 amide bonds. The largest absolute Gasteiger partial charge is 0.444 e. The smallest absolute Gasteiger partial charge is 0.414 e. The van der Waals surface area contributed by atoms with Crippen LogP contribution in [0.25, 0.3) is 0 Å². The lowest BCUT2D eigenvalue weighted by molar-refractivity contribution is -0.422. The molecule has 0 fully saturated rings. The van der Waals surface area contributed by atoms with Crippen LogP contribution in [0.5, 0.6) is 0 Å². The molecule has 12 nitrogen and oxygen atoms in total. The fraction of sp³-hybridized carbons (Fsp3) is 0.333. The van der Waals surface area contributed by atoms with Crippen molar-refractivity contribution in [2.75, 3.05) is 39.1 Å². The number of hydrogen-bond donors (Lipinski definition) is 1. The normalized spacial score (nSPS) is 10.5. The molecule has 0 radical (unpaired) electrons. The first kappa shape index (κ1) is 25.2. The second-order valence-corrected chi connectivity index (χ2v) is 7.45. The van der Waals surface area contributed by atoms with Gasteiger partial charge in [-0.15, -0.1) is 0 Å². The first-order valence-corrected chi connectivity index (χ1v) is 9.91. The highest BCUT2D eigenvalue weighted by Gasteiger charge is 2.24. The Balaban J connectivity index is 1.93. The molecule has 2 rings (SSSR count). The highest BCUT2D eigenvalue weighted by Crippen LogP contribution is 2.28. The van der Waals surface area contributed by atoms with Gasteiger partial charge in [0.05, 0.1) is 16.3 Å². The Morgan fingerprint density at radius 2 is 1.55 bits per heavy atom. The van der Waals surface area contributed by atoms with Crippen molar-refractivity contribution in [3.8, 4) is 0 Å². The predicted octanol–water partition coefficient (Wildman–Crippen LogP) is 2.50. The lowest BCUT2D eigenvalue weighted by Crippen LogP contribution is -2.32. The number of carbonyl (C=O) groups is 2. The Morgan fingerprint density at radius 1 is 0.939 bits per heavy atom. The van der Waals surface area contributed by atoms with Crippen molar-refractivity contribution in [1.82, 2.24) is 10.2 Å². The van der Waals surface area contributed by atoms with Crippen LogP contribution in [0.3, 0.4) is 0 Å². The van der Waals surface area contributed by atoms with E-state index in [0.29, 0.717) is 12.2 Å². The highest BCUT2D eigenvalue weighted by atomic mass is 16.6. The number of nitro benzene ring substituents is 2. The predicted molar refractivity (Wildman–Crippen MR) is 120 cm³/mol. The summed E-state index contributed by atoms with van der Waals surface area (Å²) in [6.07, 6.45) is -0.508. The average Bonchev–Trinajstić information content (AvgIpc) is 2.76. The van der Waals surface area contributed by atoms with Gasteiger partial charge >= 0.3 is 17.5 Å². The lowest BCUT2D eigenvalue weighted by atomic mass is 10.1. The topological polar surface area (TPSA) is 148 Å². The van der Waals surface area contributed by atoms with Crippen LogP contribution in [0.4, 0.5) is 21.9 Å². The summed E-state index contributed by atoms with van der Waals surface area (Å²) in [5, 5.41) is 24.8. The molecule has 0 saturated carbocycles. The summed E-state index contributed by atoms with van der Waals surface area (Å²) < 4.78 is 5.16. The van der Waals surface area contributed by atoms with E-state index in [1.165, 1.54) is 18.0 Å². The van der Waals surface area contributed by atoms with E-state index in [2.05, 4.69) is 5.32 Å². The summed E-state index contributed by atoms with van der Waals surface area (Å²) in [6, 6.07) is 10.1. The molecule has 0 heterocycles.